The smallest absolute Gasteiger partial charge is 0.311 e. The van der Waals surface area contributed by atoms with Gasteiger partial charge in [-0.1, -0.05) is 11.6 Å². The number of fused-ring (bicyclic) bond motifs is 1. The number of anilines is 1. The van der Waals surface area contributed by atoms with Gasteiger partial charge in [0.25, 0.3) is 0 Å². The first-order valence-electron chi connectivity index (χ1n) is 4.98. The Labute approximate surface area is 98.2 Å². The molecule has 1 heterocycles. The van der Waals surface area contributed by atoms with Crippen molar-refractivity contribution < 1.29 is 14.6 Å². The van der Waals surface area contributed by atoms with Gasteiger partial charge >= 0.3 is 5.97 Å². The van der Waals surface area contributed by atoms with Crippen LogP contribution in [-0.4, -0.2) is 24.7 Å². The van der Waals surface area contributed by atoms with Gasteiger partial charge in [-0.25, -0.2) is 0 Å². The van der Waals surface area contributed by atoms with Crippen LogP contribution in [0, 0.1) is 0 Å². The minimum atomic E-state index is -0.849. The van der Waals surface area contributed by atoms with E-state index in [2.05, 4.69) is 5.32 Å². The molecule has 16 heavy (non-hydrogen) atoms. The minimum Gasteiger partial charge on any atom is -0.495 e. The van der Waals surface area contributed by atoms with E-state index < -0.39 is 11.9 Å². The first-order valence-corrected chi connectivity index (χ1v) is 5.36. The number of rotatable bonds is 2. The zero-order chi connectivity index (χ0) is 11.7. The number of methoxy groups -OCH3 is 1. The van der Waals surface area contributed by atoms with Gasteiger partial charge in [0.1, 0.15) is 5.75 Å². The highest BCUT2D eigenvalue weighted by molar-refractivity contribution is 6.33. The molecule has 0 fully saturated rings. The SMILES string of the molecule is COc1ccc2c(c1Cl)C(C(=O)O)CCN2. The largest absolute Gasteiger partial charge is 0.495 e. The molecular weight excluding hydrogens is 230 g/mol. The van der Waals surface area contributed by atoms with Gasteiger partial charge in [-0.15, -0.1) is 0 Å². The maximum atomic E-state index is 11.1. The number of carboxylic acids is 1. The normalized spacial score (nSPS) is 18.5. The minimum absolute atomic E-state index is 0.389. The molecule has 0 spiro atoms. The maximum absolute atomic E-state index is 11.1. The summed E-state index contributed by atoms with van der Waals surface area (Å²) in [5, 5.41) is 12.7. The summed E-state index contributed by atoms with van der Waals surface area (Å²) < 4.78 is 5.09. The van der Waals surface area contributed by atoms with E-state index in [-0.39, 0.29) is 0 Å². The highest BCUT2D eigenvalue weighted by atomic mass is 35.5. The topological polar surface area (TPSA) is 58.6 Å². The van der Waals surface area contributed by atoms with E-state index in [1.54, 1.807) is 12.1 Å². The Morgan fingerprint density at radius 1 is 1.62 bits per heavy atom. The first-order chi connectivity index (χ1) is 7.65. The Morgan fingerprint density at radius 2 is 2.38 bits per heavy atom. The Morgan fingerprint density at radius 3 is 3.00 bits per heavy atom. The zero-order valence-electron chi connectivity index (χ0n) is 8.79. The predicted molar refractivity (Wildman–Crippen MR) is 61.5 cm³/mol. The van der Waals surface area contributed by atoms with E-state index in [4.69, 9.17) is 21.4 Å². The van der Waals surface area contributed by atoms with Crippen LogP contribution in [0.3, 0.4) is 0 Å². The second-order valence-electron chi connectivity index (χ2n) is 3.65. The second-order valence-corrected chi connectivity index (χ2v) is 4.03. The zero-order valence-corrected chi connectivity index (χ0v) is 9.54. The maximum Gasteiger partial charge on any atom is 0.311 e. The van der Waals surface area contributed by atoms with Gasteiger partial charge in [-0.2, -0.15) is 0 Å². The molecule has 0 aliphatic carbocycles. The fraction of sp³-hybridized carbons (Fsp3) is 0.364. The molecule has 0 aromatic heterocycles. The summed E-state index contributed by atoms with van der Waals surface area (Å²) in [5.41, 5.74) is 1.41. The lowest BCUT2D eigenvalue weighted by molar-refractivity contribution is -0.138. The van der Waals surface area contributed by atoms with Crippen molar-refractivity contribution >= 4 is 23.3 Å². The van der Waals surface area contributed by atoms with Crippen molar-refractivity contribution in [2.45, 2.75) is 12.3 Å². The molecule has 1 aromatic rings. The van der Waals surface area contributed by atoms with Crippen molar-refractivity contribution in [2.75, 3.05) is 19.0 Å². The van der Waals surface area contributed by atoms with Crippen LogP contribution < -0.4 is 10.1 Å². The molecule has 0 amide bonds. The van der Waals surface area contributed by atoms with Crippen LogP contribution in [-0.2, 0) is 4.79 Å². The highest BCUT2D eigenvalue weighted by Gasteiger charge is 2.29. The molecule has 1 unspecified atom stereocenters. The van der Waals surface area contributed by atoms with E-state index in [1.807, 2.05) is 0 Å². The number of nitrogens with one attached hydrogen (secondary N) is 1. The number of carboxylic acid groups (broad SMARTS) is 1. The van der Waals surface area contributed by atoms with E-state index in [0.29, 0.717) is 29.3 Å². The fourth-order valence-electron chi connectivity index (χ4n) is 1.97. The Bertz CT molecular complexity index is 433. The van der Waals surface area contributed by atoms with Gasteiger partial charge in [0.05, 0.1) is 18.1 Å². The summed E-state index contributed by atoms with van der Waals surface area (Å²) in [6.45, 7) is 0.645. The predicted octanol–water partition coefficient (Wildman–Crippen LogP) is 2.33. The Hall–Kier alpha value is -1.42. The molecule has 4 nitrogen and oxygen atoms in total. The van der Waals surface area contributed by atoms with Crippen LogP contribution >= 0.6 is 11.6 Å². The molecule has 1 atom stereocenters. The monoisotopic (exact) mass is 241 g/mol. The third-order valence-electron chi connectivity index (χ3n) is 2.76. The summed E-state index contributed by atoms with van der Waals surface area (Å²) in [5.74, 6) is -0.896. The number of halogens is 1. The average molecular weight is 242 g/mol. The molecule has 2 rings (SSSR count). The summed E-state index contributed by atoms with van der Waals surface area (Å²) in [7, 11) is 1.51. The van der Waals surface area contributed by atoms with Crippen molar-refractivity contribution in [1.82, 2.24) is 0 Å². The van der Waals surface area contributed by atoms with Crippen LogP contribution in [0.2, 0.25) is 5.02 Å². The molecule has 2 N–H and O–H groups in total. The third-order valence-corrected chi connectivity index (χ3v) is 3.15. The highest BCUT2D eigenvalue weighted by Crippen LogP contribution is 2.41. The summed E-state index contributed by atoms with van der Waals surface area (Å²) >= 11 is 6.14. The van der Waals surface area contributed by atoms with E-state index >= 15 is 0 Å². The molecule has 0 saturated heterocycles. The molecule has 1 aromatic carbocycles. The number of hydrogen-bond donors (Lipinski definition) is 2. The molecule has 0 bridgehead atoms. The van der Waals surface area contributed by atoms with Gasteiger partial charge in [0, 0.05) is 17.8 Å². The number of ether oxygens (including phenoxy) is 1. The Balaban J connectivity index is 2.56. The van der Waals surface area contributed by atoms with Crippen LogP contribution in [0.15, 0.2) is 12.1 Å². The van der Waals surface area contributed by atoms with Crippen LogP contribution in [0.25, 0.3) is 0 Å². The molecule has 0 radical (unpaired) electrons. The van der Waals surface area contributed by atoms with Crippen LogP contribution in [0.1, 0.15) is 17.9 Å². The van der Waals surface area contributed by atoms with Crippen molar-refractivity contribution in [2.24, 2.45) is 0 Å². The van der Waals surface area contributed by atoms with Crippen molar-refractivity contribution in [3.63, 3.8) is 0 Å². The third kappa shape index (κ3) is 1.69. The first kappa shape index (κ1) is 11.1. The van der Waals surface area contributed by atoms with Gasteiger partial charge in [-0.05, 0) is 18.6 Å². The lowest BCUT2D eigenvalue weighted by atomic mass is 9.91. The van der Waals surface area contributed by atoms with Crippen molar-refractivity contribution in [3.05, 3.63) is 22.7 Å². The molecule has 1 aliphatic rings. The van der Waals surface area contributed by atoms with E-state index in [1.165, 1.54) is 7.11 Å². The average Bonchev–Trinajstić information content (AvgIpc) is 2.29. The van der Waals surface area contributed by atoms with E-state index in [0.717, 1.165) is 5.69 Å². The number of benzene rings is 1. The summed E-state index contributed by atoms with van der Waals surface area (Å²) in [4.78, 5) is 11.1. The Kier molecular flexibility index (Phi) is 2.92. The number of aliphatic carboxylic acids is 1. The second kappa shape index (κ2) is 4.22. The summed E-state index contributed by atoms with van der Waals surface area (Å²) in [6.07, 6.45) is 0.537. The number of hydrogen-bond acceptors (Lipinski definition) is 3. The van der Waals surface area contributed by atoms with Crippen LogP contribution in [0.5, 0.6) is 5.75 Å². The molecule has 0 saturated carbocycles. The van der Waals surface area contributed by atoms with Crippen LogP contribution in [0.4, 0.5) is 5.69 Å². The molecule has 1 aliphatic heterocycles. The quantitative estimate of drug-likeness (QED) is 0.834. The van der Waals surface area contributed by atoms with Crippen molar-refractivity contribution in [1.29, 1.82) is 0 Å². The fourth-order valence-corrected chi connectivity index (χ4v) is 2.34. The van der Waals surface area contributed by atoms with Gasteiger partial charge in [-0.3, -0.25) is 4.79 Å². The molecular formula is C11H12ClNO3. The van der Waals surface area contributed by atoms with Gasteiger partial charge in [0.2, 0.25) is 0 Å². The molecule has 5 heteroatoms. The van der Waals surface area contributed by atoms with Gasteiger partial charge < -0.3 is 15.2 Å². The molecule has 86 valence electrons. The van der Waals surface area contributed by atoms with Crippen molar-refractivity contribution in [3.8, 4) is 5.75 Å². The van der Waals surface area contributed by atoms with E-state index in [9.17, 15) is 4.79 Å². The lowest BCUT2D eigenvalue weighted by Gasteiger charge is -2.25. The number of carbonyl (C=O) groups is 1. The van der Waals surface area contributed by atoms with Gasteiger partial charge in [0.15, 0.2) is 0 Å². The lowest BCUT2D eigenvalue weighted by Crippen LogP contribution is -2.23. The summed E-state index contributed by atoms with van der Waals surface area (Å²) in [6, 6.07) is 3.54. The standard InChI is InChI=1S/C11H12ClNO3/c1-16-8-3-2-7-9(10(8)12)6(11(14)15)4-5-13-7/h2-3,6,13H,4-5H2,1H3,(H,14,15).